The molecule has 11 nitrogen and oxygen atoms in total. The largest absolute Gasteiger partial charge is 0.508 e. The number of anilines is 1. The molecule has 3 heterocycles. The first kappa shape index (κ1) is 31.5. The van der Waals surface area contributed by atoms with Crippen LogP contribution in [0.3, 0.4) is 0 Å². The third-order valence-corrected chi connectivity index (χ3v) is 9.53. The van der Waals surface area contributed by atoms with Crippen LogP contribution in [0.15, 0.2) is 60.2 Å². The first-order valence-corrected chi connectivity index (χ1v) is 16.2. The predicted octanol–water partition coefficient (Wildman–Crippen LogP) is 3.88. The molecule has 0 radical (unpaired) electrons. The van der Waals surface area contributed by atoms with Crippen LogP contribution < -0.4 is 11.1 Å². The third-order valence-electron chi connectivity index (χ3n) is 8.68. The Balaban J connectivity index is 1.31. The van der Waals surface area contributed by atoms with Crippen LogP contribution in [0.1, 0.15) is 37.0 Å². The van der Waals surface area contributed by atoms with Crippen LogP contribution in [0.4, 0.5) is 14.3 Å². The van der Waals surface area contributed by atoms with Crippen LogP contribution in [0, 0.1) is 6.92 Å². The molecule has 1 unspecified atom stereocenters. The molecule has 3 atom stereocenters. The van der Waals surface area contributed by atoms with Gasteiger partial charge < -0.3 is 26.0 Å². The molecular weight excluding hydrogens is 609 g/mol. The van der Waals surface area contributed by atoms with E-state index in [2.05, 4.69) is 10.3 Å². The quantitative estimate of drug-likeness (QED) is 0.338. The molecule has 1 aliphatic carbocycles. The van der Waals surface area contributed by atoms with E-state index in [1.54, 1.807) is 51.0 Å². The summed E-state index contributed by atoms with van der Waals surface area (Å²) in [5.74, 6) is -0.307. The van der Waals surface area contributed by atoms with Crippen molar-refractivity contribution < 1.29 is 23.9 Å². The number of hydrazine groups is 1. The van der Waals surface area contributed by atoms with Crippen molar-refractivity contribution in [2.45, 2.75) is 64.6 Å². The number of phenols is 1. The number of benzene rings is 2. The molecule has 2 aromatic carbocycles. The number of carbonyl (C=O) groups excluding carboxylic acids is 3. The number of aromatic nitrogens is 1. The Bertz CT molecular complexity index is 1740. The second-order valence-corrected chi connectivity index (χ2v) is 13.3. The molecule has 2 fully saturated rings. The van der Waals surface area contributed by atoms with Crippen LogP contribution in [0.5, 0.6) is 5.75 Å². The second kappa shape index (κ2) is 12.7. The fourth-order valence-electron chi connectivity index (χ4n) is 6.46. The minimum Gasteiger partial charge on any atom is -0.508 e. The highest BCUT2D eigenvalue weighted by Gasteiger charge is 2.52. The molecule has 0 bridgehead atoms. The van der Waals surface area contributed by atoms with Gasteiger partial charge in [-0.05, 0) is 55.2 Å². The van der Waals surface area contributed by atoms with Crippen molar-refractivity contribution in [3.8, 4) is 5.75 Å². The van der Waals surface area contributed by atoms with Gasteiger partial charge in [-0.2, -0.15) is 5.01 Å². The van der Waals surface area contributed by atoms with Crippen LogP contribution in [-0.4, -0.2) is 91.8 Å². The number of rotatable bonds is 8. The van der Waals surface area contributed by atoms with Crippen molar-refractivity contribution in [2.24, 2.45) is 0 Å². The first-order chi connectivity index (χ1) is 22.0. The highest BCUT2D eigenvalue weighted by atomic mass is 32.1. The molecule has 0 spiro atoms. The van der Waals surface area contributed by atoms with Gasteiger partial charge in [-0.15, -0.1) is 0 Å². The number of halogens is 1. The summed E-state index contributed by atoms with van der Waals surface area (Å²) < 4.78 is 14.5. The SMILES string of the molecule is Cc1cc(C[C@H]2C(=O)N(Cc3cccc4sc(N)nc34)C[C@H]3N2C(=O)CN3N(C(=O)NCC2=CCC(F)C=C2)C(C)C)ccc1O. The zero-order valence-corrected chi connectivity index (χ0v) is 26.8. The average molecular weight is 648 g/mol. The molecule has 6 rings (SSSR count). The number of urea groups is 1. The number of allylic oxidation sites excluding steroid dienone is 2. The number of para-hydroxylation sites is 1. The van der Waals surface area contributed by atoms with Gasteiger partial charge in [0.25, 0.3) is 0 Å². The molecule has 1 aromatic heterocycles. The predicted molar refractivity (Wildman–Crippen MR) is 174 cm³/mol. The lowest BCUT2D eigenvalue weighted by Crippen LogP contribution is -2.66. The topological polar surface area (TPSA) is 135 Å². The summed E-state index contributed by atoms with van der Waals surface area (Å²) in [6, 6.07) is 9.41. The summed E-state index contributed by atoms with van der Waals surface area (Å²) in [5, 5.41) is 16.8. The van der Waals surface area contributed by atoms with E-state index in [1.165, 1.54) is 17.4 Å². The lowest BCUT2D eigenvalue weighted by molar-refractivity contribution is -0.158. The monoisotopic (exact) mass is 647 g/mol. The number of aryl methyl sites for hydroxylation is 1. The van der Waals surface area contributed by atoms with E-state index >= 15 is 0 Å². The van der Waals surface area contributed by atoms with E-state index in [1.807, 2.05) is 38.1 Å². The summed E-state index contributed by atoms with van der Waals surface area (Å²) in [6.07, 6.45) is 3.78. The Morgan fingerprint density at radius 2 is 2.07 bits per heavy atom. The Hall–Kier alpha value is -4.49. The maximum Gasteiger partial charge on any atom is 0.332 e. The molecule has 13 heteroatoms. The molecule has 4 N–H and O–H groups in total. The minimum absolute atomic E-state index is 0.0766. The number of piperazine rings is 1. The number of nitrogen functional groups attached to an aromatic ring is 1. The van der Waals surface area contributed by atoms with E-state index in [4.69, 9.17) is 5.73 Å². The van der Waals surface area contributed by atoms with Gasteiger partial charge in [0, 0.05) is 32.0 Å². The smallest absolute Gasteiger partial charge is 0.332 e. The lowest BCUT2D eigenvalue weighted by Gasteiger charge is -2.47. The zero-order valence-electron chi connectivity index (χ0n) is 26.0. The first-order valence-electron chi connectivity index (χ1n) is 15.4. The molecule has 242 valence electrons. The summed E-state index contributed by atoms with van der Waals surface area (Å²) in [5.41, 5.74) is 9.87. The van der Waals surface area contributed by atoms with Crippen molar-refractivity contribution in [1.29, 1.82) is 0 Å². The normalized spacial score (nSPS) is 21.7. The number of nitrogens with zero attached hydrogens (tertiary/aromatic N) is 5. The number of fused-ring (bicyclic) bond motifs is 2. The average Bonchev–Trinajstić information content (AvgIpc) is 3.55. The number of amides is 4. The van der Waals surface area contributed by atoms with Gasteiger partial charge in [-0.1, -0.05) is 53.8 Å². The Labute approximate surface area is 270 Å². The number of alkyl halides is 1. The van der Waals surface area contributed by atoms with Gasteiger partial charge in [0.15, 0.2) is 5.13 Å². The van der Waals surface area contributed by atoms with E-state index in [0.717, 1.165) is 26.9 Å². The van der Waals surface area contributed by atoms with Gasteiger partial charge in [-0.25, -0.2) is 14.2 Å². The highest BCUT2D eigenvalue weighted by Crippen LogP contribution is 2.33. The van der Waals surface area contributed by atoms with E-state index in [0.29, 0.717) is 10.7 Å². The van der Waals surface area contributed by atoms with Crippen LogP contribution in [-0.2, 0) is 22.6 Å². The summed E-state index contributed by atoms with van der Waals surface area (Å²) in [6.45, 7) is 6.09. The highest BCUT2D eigenvalue weighted by molar-refractivity contribution is 7.22. The van der Waals surface area contributed by atoms with Gasteiger partial charge in [0.1, 0.15) is 24.1 Å². The molecule has 46 heavy (non-hydrogen) atoms. The maximum atomic E-state index is 14.2. The summed E-state index contributed by atoms with van der Waals surface area (Å²) in [4.78, 5) is 49.5. The Morgan fingerprint density at radius 1 is 1.26 bits per heavy atom. The lowest BCUT2D eigenvalue weighted by atomic mass is 9.98. The van der Waals surface area contributed by atoms with Crippen LogP contribution in [0.2, 0.25) is 0 Å². The molecule has 2 saturated heterocycles. The third kappa shape index (κ3) is 6.16. The van der Waals surface area contributed by atoms with E-state index in [9.17, 15) is 23.9 Å². The number of thiazole rings is 1. The van der Waals surface area contributed by atoms with Crippen molar-refractivity contribution in [3.63, 3.8) is 0 Å². The standard InChI is InChI=1S/C33H38FN7O4S/c1-19(2)41(33(45)36-15-21-7-10-24(34)11-8-21)39-18-29(43)40-25(14-22-9-12-26(42)20(3)13-22)31(44)38(17-28(39)40)16-23-5-4-6-27-30(23)37-32(35)46-27/h4-10,12-13,19,24-25,28,42H,11,14-18H2,1-3H3,(H2,35,37)(H,36,45)/t24?,25-,28+/m0/s1. The summed E-state index contributed by atoms with van der Waals surface area (Å²) in [7, 11) is 0. The number of nitrogens with one attached hydrogen (secondary N) is 1. The van der Waals surface area contributed by atoms with Crippen molar-refractivity contribution >= 4 is 44.5 Å². The van der Waals surface area contributed by atoms with Crippen LogP contribution >= 0.6 is 11.3 Å². The van der Waals surface area contributed by atoms with E-state index in [-0.39, 0.29) is 62.6 Å². The molecular formula is C33H38FN7O4S. The number of carbonyl (C=O) groups is 3. The second-order valence-electron chi connectivity index (χ2n) is 12.2. The molecule has 4 amide bonds. The molecule has 3 aromatic rings. The van der Waals surface area contributed by atoms with Gasteiger partial charge in [0.2, 0.25) is 11.8 Å². The number of nitrogens with two attached hydrogens (primary N) is 1. The van der Waals surface area contributed by atoms with Crippen molar-refractivity contribution in [3.05, 3.63) is 76.9 Å². The number of hydrogen-bond acceptors (Lipinski definition) is 8. The fraction of sp³-hybridized carbons (Fsp3) is 0.394. The van der Waals surface area contributed by atoms with Gasteiger partial charge in [0.05, 0.1) is 23.3 Å². The number of hydrogen-bond donors (Lipinski definition) is 3. The van der Waals surface area contributed by atoms with Crippen LogP contribution in [0.25, 0.3) is 10.2 Å². The number of phenolic OH excluding ortho intramolecular Hbond substituents is 1. The van der Waals surface area contributed by atoms with Gasteiger partial charge >= 0.3 is 6.03 Å². The van der Waals surface area contributed by atoms with Gasteiger partial charge in [-0.3, -0.25) is 14.6 Å². The van der Waals surface area contributed by atoms with Crippen molar-refractivity contribution in [1.82, 2.24) is 30.1 Å². The maximum absolute atomic E-state index is 14.2. The molecule has 0 saturated carbocycles. The molecule has 3 aliphatic rings. The molecule has 2 aliphatic heterocycles. The Kier molecular flexibility index (Phi) is 8.71. The van der Waals surface area contributed by atoms with Crippen molar-refractivity contribution in [2.75, 3.05) is 25.4 Å². The zero-order chi connectivity index (χ0) is 32.7. The fourth-order valence-corrected chi connectivity index (χ4v) is 7.25. The summed E-state index contributed by atoms with van der Waals surface area (Å²) >= 11 is 1.38. The van der Waals surface area contributed by atoms with E-state index < -0.39 is 24.4 Å². The minimum atomic E-state index is -1.02. The Morgan fingerprint density at radius 3 is 2.78 bits per heavy atom. The number of aromatic hydroxyl groups is 1.